The van der Waals surface area contributed by atoms with Crippen LogP contribution in [0.5, 0.6) is 0 Å². The van der Waals surface area contributed by atoms with Gasteiger partial charge in [0.2, 0.25) is 15.9 Å². The summed E-state index contributed by atoms with van der Waals surface area (Å²) in [5.41, 5.74) is 0.315. The molecule has 0 atom stereocenters. The number of benzene rings is 1. The van der Waals surface area contributed by atoms with Crippen LogP contribution in [0.1, 0.15) is 19.8 Å². The summed E-state index contributed by atoms with van der Waals surface area (Å²) >= 11 is 5.61. The molecule has 0 saturated heterocycles. The Morgan fingerprint density at radius 2 is 2.10 bits per heavy atom. The number of unbranched alkanes of at least 4 members (excludes halogenated alkanes) is 1. The molecular formula is C13H18ClFN2O3S. The van der Waals surface area contributed by atoms with E-state index < -0.39 is 21.7 Å². The van der Waals surface area contributed by atoms with Crippen molar-refractivity contribution in [3.8, 4) is 0 Å². The molecule has 1 amide bonds. The number of hydrogen-bond donors (Lipinski definition) is 1. The number of carbonyl (C=O) groups excluding carboxylic acids is 1. The molecule has 0 saturated carbocycles. The largest absolute Gasteiger partial charge is 0.325 e. The zero-order valence-corrected chi connectivity index (χ0v) is 13.5. The van der Waals surface area contributed by atoms with Crippen LogP contribution in [0, 0.1) is 5.82 Å². The number of anilines is 1. The van der Waals surface area contributed by atoms with E-state index in [2.05, 4.69) is 5.32 Å². The minimum Gasteiger partial charge on any atom is -0.325 e. The summed E-state index contributed by atoms with van der Waals surface area (Å²) in [6.45, 7) is 1.93. The standard InChI is InChI=1S/C13H18ClFN2O3S/c1-3-4-7-17(21(2,19)20)9-13(18)16-10-5-6-12(15)11(14)8-10/h5-6,8H,3-4,7,9H2,1-2H3,(H,16,18). The van der Waals surface area contributed by atoms with E-state index in [1.165, 1.54) is 12.1 Å². The molecule has 0 aliphatic heterocycles. The molecule has 0 heterocycles. The number of nitrogens with one attached hydrogen (secondary N) is 1. The van der Waals surface area contributed by atoms with Crippen molar-refractivity contribution in [1.29, 1.82) is 0 Å². The maximum absolute atomic E-state index is 13.0. The van der Waals surface area contributed by atoms with E-state index in [9.17, 15) is 17.6 Å². The van der Waals surface area contributed by atoms with Gasteiger partial charge in [0.15, 0.2) is 0 Å². The molecule has 1 aromatic rings. The molecule has 0 fully saturated rings. The van der Waals surface area contributed by atoms with E-state index in [4.69, 9.17) is 11.6 Å². The van der Waals surface area contributed by atoms with Gasteiger partial charge in [-0.05, 0) is 24.6 Å². The molecule has 118 valence electrons. The van der Waals surface area contributed by atoms with Gasteiger partial charge in [0.25, 0.3) is 0 Å². The quantitative estimate of drug-likeness (QED) is 0.831. The first kappa shape index (κ1) is 17.9. The topological polar surface area (TPSA) is 66.5 Å². The highest BCUT2D eigenvalue weighted by Gasteiger charge is 2.19. The van der Waals surface area contributed by atoms with Crippen LogP contribution in [-0.4, -0.2) is 38.0 Å². The van der Waals surface area contributed by atoms with Crippen molar-refractivity contribution in [3.05, 3.63) is 29.0 Å². The lowest BCUT2D eigenvalue weighted by Gasteiger charge is -2.19. The van der Waals surface area contributed by atoms with Gasteiger partial charge in [0.05, 0.1) is 17.8 Å². The molecule has 1 aromatic carbocycles. The normalized spacial score (nSPS) is 11.7. The molecular weight excluding hydrogens is 319 g/mol. The second-order valence-electron chi connectivity index (χ2n) is 4.63. The maximum Gasteiger partial charge on any atom is 0.239 e. The lowest BCUT2D eigenvalue weighted by molar-refractivity contribution is -0.116. The summed E-state index contributed by atoms with van der Waals surface area (Å²) in [6.07, 6.45) is 2.55. The average Bonchev–Trinajstić information content (AvgIpc) is 2.37. The van der Waals surface area contributed by atoms with Crippen molar-refractivity contribution < 1.29 is 17.6 Å². The highest BCUT2D eigenvalue weighted by atomic mass is 35.5. The first-order valence-corrected chi connectivity index (χ1v) is 8.66. The first-order chi connectivity index (χ1) is 9.74. The number of rotatable bonds is 7. The number of sulfonamides is 1. The van der Waals surface area contributed by atoms with E-state index in [1.54, 1.807) is 0 Å². The van der Waals surface area contributed by atoms with Crippen LogP contribution in [0.2, 0.25) is 5.02 Å². The fourth-order valence-electron chi connectivity index (χ4n) is 1.63. The summed E-state index contributed by atoms with van der Waals surface area (Å²) in [7, 11) is -3.45. The lowest BCUT2D eigenvalue weighted by Crippen LogP contribution is -2.38. The van der Waals surface area contributed by atoms with Crippen LogP contribution in [0.25, 0.3) is 0 Å². The minimum atomic E-state index is -3.45. The molecule has 1 N–H and O–H groups in total. The Morgan fingerprint density at radius 1 is 1.43 bits per heavy atom. The van der Waals surface area contributed by atoms with Crippen molar-refractivity contribution in [2.75, 3.05) is 24.7 Å². The van der Waals surface area contributed by atoms with Gasteiger partial charge in [-0.25, -0.2) is 12.8 Å². The fourth-order valence-corrected chi connectivity index (χ4v) is 2.62. The fraction of sp³-hybridized carbons (Fsp3) is 0.462. The summed E-state index contributed by atoms with van der Waals surface area (Å²) in [6, 6.07) is 3.75. The van der Waals surface area contributed by atoms with Crippen LogP contribution < -0.4 is 5.32 Å². The van der Waals surface area contributed by atoms with Crippen LogP contribution >= 0.6 is 11.6 Å². The van der Waals surface area contributed by atoms with Gasteiger partial charge in [0, 0.05) is 12.2 Å². The average molecular weight is 337 g/mol. The molecule has 0 aliphatic rings. The Morgan fingerprint density at radius 3 is 2.62 bits per heavy atom. The Labute approximate surface area is 129 Å². The van der Waals surface area contributed by atoms with Gasteiger partial charge in [-0.15, -0.1) is 0 Å². The molecule has 0 unspecified atom stereocenters. The van der Waals surface area contributed by atoms with Gasteiger partial charge in [0.1, 0.15) is 5.82 Å². The van der Waals surface area contributed by atoms with Gasteiger partial charge in [-0.2, -0.15) is 4.31 Å². The monoisotopic (exact) mass is 336 g/mol. The Bertz CT molecular complexity index is 607. The van der Waals surface area contributed by atoms with E-state index in [0.717, 1.165) is 23.0 Å². The van der Waals surface area contributed by atoms with Gasteiger partial charge >= 0.3 is 0 Å². The van der Waals surface area contributed by atoms with Crippen molar-refractivity contribution in [2.45, 2.75) is 19.8 Å². The zero-order valence-electron chi connectivity index (χ0n) is 11.9. The van der Waals surface area contributed by atoms with Crippen molar-refractivity contribution in [2.24, 2.45) is 0 Å². The van der Waals surface area contributed by atoms with Crippen LogP contribution in [-0.2, 0) is 14.8 Å². The predicted molar refractivity (Wildman–Crippen MR) is 81.4 cm³/mol. The third kappa shape index (κ3) is 5.99. The molecule has 0 bridgehead atoms. The number of nitrogens with zero attached hydrogens (tertiary/aromatic N) is 1. The smallest absolute Gasteiger partial charge is 0.239 e. The molecule has 1 rings (SSSR count). The van der Waals surface area contributed by atoms with Crippen molar-refractivity contribution >= 4 is 33.2 Å². The zero-order chi connectivity index (χ0) is 16.0. The van der Waals surface area contributed by atoms with Gasteiger partial charge in [-0.3, -0.25) is 4.79 Å². The predicted octanol–water partition coefficient (Wildman–Crippen LogP) is 2.48. The maximum atomic E-state index is 13.0. The first-order valence-electron chi connectivity index (χ1n) is 6.44. The van der Waals surface area contributed by atoms with E-state index >= 15 is 0 Å². The third-order valence-electron chi connectivity index (χ3n) is 2.75. The van der Waals surface area contributed by atoms with Crippen molar-refractivity contribution in [3.63, 3.8) is 0 Å². The van der Waals surface area contributed by atoms with Crippen LogP contribution in [0.3, 0.4) is 0 Å². The molecule has 21 heavy (non-hydrogen) atoms. The summed E-state index contributed by atoms with van der Waals surface area (Å²) in [4.78, 5) is 11.9. The lowest BCUT2D eigenvalue weighted by atomic mass is 10.3. The minimum absolute atomic E-state index is 0.112. The number of halogens is 2. The molecule has 5 nitrogen and oxygen atoms in total. The SMILES string of the molecule is CCCCN(CC(=O)Nc1ccc(F)c(Cl)c1)S(C)(=O)=O. The van der Waals surface area contributed by atoms with E-state index in [1.807, 2.05) is 6.92 Å². The van der Waals surface area contributed by atoms with E-state index in [-0.39, 0.29) is 18.1 Å². The second kappa shape index (κ2) is 7.72. The summed E-state index contributed by atoms with van der Waals surface area (Å²) in [5.74, 6) is -1.09. The molecule has 0 aliphatic carbocycles. The Hall–Kier alpha value is -1.18. The molecule has 0 radical (unpaired) electrons. The van der Waals surface area contributed by atoms with Crippen molar-refractivity contribution in [1.82, 2.24) is 4.31 Å². The number of hydrogen-bond acceptors (Lipinski definition) is 3. The van der Waals surface area contributed by atoms with E-state index in [0.29, 0.717) is 12.1 Å². The van der Waals surface area contributed by atoms with Gasteiger partial charge in [-0.1, -0.05) is 24.9 Å². The highest BCUT2D eigenvalue weighted by molar-refractivity contribution is 7.88. The highest BCUT2D eigenvalue weighted by Crippen LogP contribution is 2.19. The Balaban J connectivity index is 2.71. The van der Waals surface area contributed by atoms with Crippen LogP contribution in [0.15, 0.2) is 18.2 Å². The van der Waals surface area contributed by atoms with Crippen LogP contribution in [0.4, 0.5) is 10.1 Å². The number of amides is 1. The molecule has 0 spiro atoms. The number of carbonyl (C=O) groups is 1. The third-order valence-corrected chi connectivity index (χ3v) is 4.29. The van der Waals surface area contributed by atoms with Gasteiger partial charge < -0.3 is 5.32 Å². The molecule has 8 heteroatoms. The summed E-state index contributed by atoms with van der Waals surface area (Å²) < 4.78 is 37.3. The summed E-state index contributed by atoms with van der Waals surface area (Å²) in [5, 5.41) is 2.38. The second-order valence-corrected chi connectivity index (χ2v) is 7.02. The molecule has 0 aromatic heterocycles. The Kier molecular flexibility index (Phi) is 6.57.